The third-order valence-electron chi connectivity index (χ3n) is 2.17. The quantitative estimate of drug-likeness (QED) is 0.374. The zero-order chi connectivity index (χ0) is 13.5. The van der Waals surface area contributed by atoms with Crippen molar-refractivity contribution in [2.24, 2.45) is 0 Å². The normalized spacial score (nSPS) is 10.5. The minimum absolute atomic E-state index is 0.0692. The van der Waals surface area contributed by atoms with E-state index in [9.17, 15) is 14.9 Å². The number of nitro groups is 1. The zero-order valence-corrected chi connectivity index (χ0v) is 9.96. The SMILES string of the molecule is CCOC(=O)CC=Cc1cccc(N)c1[N+](=O)[O-]. The van der Waals surface area contributed by atoms with E-state index in [0.717, 1.165) is 0 Å². The van der Waals surface area contributed by atoms with E-state index in [4.69, 9.17) is 10.5 Å². The highest BCUT2D eigenvalue weighted by Gasteiger charge is 2.15. The van der Waals surface area contributed by atoms with Crippen molar-refractivity contribution in [2.45, 2.75) is 13.3 Å². The second-order valence-electron chi connectivity index (χ2n) is 3.45. The summed E-state index contributed by atoms with van der Waals surface area (Å²) >= 11 is 0. The molecule has 6 heteroatoms. The molecule has 96 valence electrons. The Kier molecular flexibility index (Phi) is 4.86. The molecular formula is C12H14N2O4. The second kappa shape index (κ2) is 6.39. The molecule has 1 aromatic carbocycles. The molecule has 0 spiro atoms. The highest BCUT2D eigenvalue weighted by molar-refractivity contribution is 5.75. The van der Waals surface area contributed by atoms with Crippen molar-refractivity contribution >= 4 is 23.4 Å². The number of carbonyl (C=O) groups is 1. The molecule has 1 rings (SSSR count). The number of carbonyl (C=O) groups excluding carboxylic acids is 1. The molecule has 0 aliphatic carbocycles. The maximum atomic E-state index is 11.1. The maximum absolute atomic E-state index is 11.1. The van der Waals surface area contributed by atoms with Gasteiger partial charge in [0.2, 0.25) is 0 Å². The molecule has 0 saturated heterocycles. The Morgan fingerprint density at radius 2 is 2.28 bits per heavy atom. The van der Waals surface area contributed by atoms with Gasteiger partial charge in [0, 0.05) is 0 Å². The fourth-order valence-corrected chi connectivity index (χ4v) is 1.43. The number of nitrogen functional groups attached to an aromatic ring is 1. The Hall–Kier alpha value is -2.37. The molecule has 0 aliphatic heterocycles. The first kappa shape index (κ1) is 13.7. The Morgan fingerprint density at radius 1 is 1.56 bits per heavy atom. The molecule has 0 amide bonds. The number of hydrogen-bond donors (Lipinski definition) is 1. The van der Waals surface area contributed by atoms with Gasteiger partial charge in [0.15, 0.2) is 0 Å². The second-order valence-corrected chi connectivity index (χ2v) is 3.45. The predicted octanol–water partition coefficient (Wildman–Crippen LogP) is 2.14. The first-order chi connectivity index (χ1) is 8.56. The van der Waals surface area contributed by atoms with Gasteiger partial charge in [-0.3, -0.25) is 14.9 Å². The van der Waals surface area contributed by atoms with Crippen LogP contribution in [0.4, 0.5) is 11.4 Å². The molecule has 0 bridgehead atoms. The average molecular weight is 250 g/mol. The number of hydrogen-bond acceptors (Lipinski definition) is 5. The van der Waals surface area contributed by atoms with Crippen LogP contribution in [-0.2, 0) is 9.53 Å². The molecule has 0 fully saturated rings. The fraction of sp³-hybridized carbons (Fsp3) is 0.250. The fourth-order valence-electron chi connectivity index (χ4n) is 1.43. The molecular weight excluding hydrogens is 236 g/mol. The largest absolute Gasteiger partial charge is 0.466 e. The number of nitrogens with two attached hydrogens (primary N) is 1. The summed E-state index contributed by atoms with van der Waals surface area (Å²) in [6.07, 6.45) is 3.07. The molecule has 0 saturated carbocycles. The van der Waals surface area contributed by atoms with Gasteiger partial charge in [-0.05, 0) is 19.1 Å². The van der Waals surface area contributed by atoms with Crippen LogP contribution in [0.2, 0.25) is 0 Å². The Bertz CT molecular complexity index is 483. The molecule has 0 aliphatic rings. The monoisotopic (exact) mass is 250 g/mol. The summed E-state index contributed by atoms with van der Waals surface area (Å²) in [5.41, 5.74) is 5.84. The minimum atomic E-state index is -0.542. The van der Waals surface area contributed by atoms with Gasteiger partial charge in [0.25, 0.3) is 5.69 Å². The van der Waals surface area contributed by atoms with Gasteiger partial charge in [0.05, 0.1) is 23.5 Å². The van der Waals surface area contributed by atoms with Crippen LogP contribution in [0.15, 0.2) is 24.3 Å². The van der Waals surface area contributed by atoms with Crippen molar-refractivity contribution < 1.29 is 14.5 Å². The highest BCUT2D eigenvalue weighted by Crippen LogP contribution is 2.26. The first-order valence-corrected chi connectivity index (χ1v) is 5.41. The van der Waals surface area contributed by atoms with E-state index in [1.54, 1.807) is 19.1 Å². The lowest BCUT2D eigenvalue weighted by atomic mass is 10.1. The van der Waals surface area contributed by atoms with Crippen LogP contribution < -0.4 is 5.73 Å². The van der Waals surface area contributed by atoms with Crippen LogP contribution in [0.1, 0.15) is 18.9 Å². The van der Waals surface area contributed by atoms with Gasteiger partial charge in [-0.25, -0.2) is 0 Å². The summed E-state index contributed by atoms with van der Waals surface area (Å²) in [5, 5.41) is 10.8. The number of nitrogens with zero attached hydrogens (tertiary/aromatic N) is 1. The smallest absolute Gasteiger partial charge is 0.309 e. The highest BCUT2D eigenvalue weighted by atomic mass is 16.6. The predicted molar refractivity (Wildman–Crippen MR) is 67.8 cm³/mol. The van der Waals surface area contributed by atoms with Gasteiger partial charge < -0.3 is 10.5 Å². The van der Waals surface area contributed by atoms with Crippen LogP contribution >= 0.6 is 0 Å². The van der Waals surface area contributed by atoms with E-state index in [-0.39, 0.29) is 23.8 Å². The molecule has 6 nitrogen and oxygen atoms in total. The van der Waals surface area contributed by atoms with Crippen LogP contribution in [-0.4, -0.2) is 17.5 Å². The van der Waals surface area contributed by atoms with Gasteiger partial charge in [-0.2, -0.15) is 0 Å². The minimum Gasteiger partial charge on any atom is -0.466 e. The summed E-state index contributed by atoms with van der Waals surface area (Å²) in [6.45, 7) is 2.02. The van der Waals surface area contributed by atoms with Crippen molar-refractivity contribution in [3.8, 4) is 0 Å². The molecule has 0 radical (unpaired) electrons. The van der Waals surface area contributed by atoms with Crippen LogP contribution in [0.25, 0.3) is 6.08 Å². The van der Waals surface area contributed by atoms with E-state index in [1.807, 2.05) is 0 Å². The van der Waals surface area contributed by atoms with Crippen molar-refractivity contribution in [3.05, 3.63) is 40.0 Å². The number of nitro benzene ring substituents is 1. The molecule has 18 heavy (non-hydrogen) atoms. The molecule has 2 N–H and O–H groups in total. The molecule has 0 atom stereocenters. The molecule has 1 aromatic rings. The van der Waals surface area contributed by atoms with Gasteiger partial charge in [0.1, 0.15) is 5.69 Å². The number of benzene rings is 1. The van der Waals surface area contributed by atoms with Gasteiger partial charge in [-0.1, -0.05) is 18.2 Å². The van der Waals surface area contributed by atoms with E-state index in [2.05, 4.69) is 0 Å². The van der Waals surface area contributed by atoms with Crippen molar-refractivity contribution in [2.75, 3.05) is 12.3 Å². The Morgan fingerprint density at radius 3 is 2.89 bits per heavy atom. The summed E-state index contributed by atoms with van der Waals surface area (Å²) in [6, 6.07) is 4.64. The van der Waals surface area contributed by atoms with E-state index >= 15 is 0 Å². The number of para-hydroxylation sites is 1. The summed E-state index contributed by atoms with van der Waals surface area (Å²) < 4.78 is 4.73. The lowest BCUT2D eigenvalue weighted by Gasteiger charge is -2.00. The average Bonchev–Trinajstić information content (AvgIpc) is 2.28. The standard InChI is InChI=1S/C12H14N2O4/c1-2-18-11(15)8-4-6-9-5-3-7-10(13)12(9)14(16)17/h3-7H,2,8,13H2,1H3. The first-order valence-electron chi connectivity index (χ1n) is 5.41. The number of ether oxygens (including phenoxy) is 1. The topological polar surface area (TPSA) is 95.5 Å². The zero-order valence-electron chi connectivity index (χ0n) is 9.96. The molecule has 0 heterocycles. The van der Waals surface area contributed by atoms with Crippen LogP contribution in [0, 0.1) is 10.1 Å². The lowest BCUT2D eigenvalue weighted by molar-refractivity contribution is -0.384. The maximum Gasteiger partial charge on any atom is 0.309 e. The Labute approximate surface area is 104 Å². The molecule has 0 aromatic heterocycles. The lowest BCUT2D eigenvalue weighted by Crippen LogP contribution is -2.01. The van der Waals surface area contributed by atoms with Gasteiger partial charge >= 0.3 is 5.97 Å². The van der Waals surface area contributed by atoms with Crippen LogP contribution in [0.3, 0.4) is 0 Å². The van der Waals surface area contributed by atoms with Gasteiger partial charge in [-0.15, -0.1) is 0 Å². The summed E-state index contributed by atoms with van der Waals surface area (Å²) in [7, 11) is 0. The van der Waals surface area contributed by atoms with E-state index < -0.39 is 4.92 Å². The summed E-state index contributed by atoms with van der Waals surface area (Å²) in [5.74, 6) is -0.375. The number of esters is 1. The third-order valence-corrected chi connectivity index (χ3v) is 2.17. The molecule has 0 unspecified atom stereocenters. The van der Waals surface area contributed by atoms with Crippen LogP contribution in [0.5, 0.6) is 0 Å². The Balaban J connectivity index is 2.85. The number of anilines is 1. The van der Waals surface area contributed by atoms with E-state index in [0.29, 0.717) is 12.2 Å². The van der Waals surface area contributed by atoms with E-state index in [1.165, 1.54) is 18.2 Å². The number of rotatable bonds is 5. The van der Waals surface area contributed by atoms with Crippen molar-refractivity contribution in [1.82, 2.24) is 0 Å². The summed E-state index contributed by atoms with van der Waals surface area (Å²) in [4.78, 5) is 21.4. The third kappa shape index (κ3) is 3.58. The van der Waals surface area contributed by atoms with Crippen molar-refractivity contribution in [3.63, 3.8) is 0 Å². The van der Waals surface area contributed by atoms with Crippen molar-refractivity contribution in [1.29, 1.82) is 0 Å².